The second-order valence-electron chi connectivity index (χ2n) is 5.55. The number of hydrogen-bond donors (Lipinski definition) is 0. The maximum Gasteiger partial charge on any atom is 0.396 e. The van der Waals surface area contributed by atoms with Crippen LogP contribution in [0.3, 0.4) is 0 Å². The molecule has 0 bridgehead atoms. The van der Waals surface area contributed by atoms with Gasteiger partial charge in [-0.2, -0.15) is 13.2 Å². The molecule has 0 aliphatic rings. The highest BCUT2D eigenvalue weighted by Crippen LogP contribution is 2.41. The minimum Gasteiger partial charge on any atom is -0.463 e. The molecule has 0 fully saturated rings. The van der Waals surface area contributed by atoms with Gasteiger partial charge in [-0.1, -0.05) is 18.2 Å². The van der Waals surface area contributed by atoms with E-state index in [-0.39, 0.29) is 5.56 Å². The molecule has 6 heteroatoms. The van der Waals surface area contributed by atoms with Crippen LogP contribution in [0, 0.1) is 0 Å². The summed E-state index contributed by atoms with van der Waals surface area (Å²) >= 11 is 0. The molecule has 0 aliphatic carbocycles. The number of aryl methyl sites for hydroxylation is 1. The lowest BCUT2D eigenvalue weighted by Crippen LogP contribution is -2.25. The average Bonchev–Trinajstić information content (AvgIpc) is 2.72. The topological polar surface area (TPSA) is 31.2 Å². The highest BCUT2D eigenvalue weighted by molar-refractivity contribution is 5.85. The van der Waals surface area contributed by atoms with Gasteiger partial charge in [-0.3, -0.25) is 4.79 Å². The molecule has 0 aliphatic heterocycles. The molecule has 1 heterocycles. The first kappa shape index (κ1) is 16.4. The van der Waals surface area contributed by atoms with Crippen molar-refractivity contribution in [2.75, 3.05) is 0 Å². The monoisotopic (exact) mass is 313 g/mol. The third kappa shape index (κ3) is 3.43. The van der Waals surface area contributed by atoms with Crippen molar-refractivity contribution < 1.29 is 22.7 Å². The molecule has 2 aromatic rings. The summed E-state index contributed by atoms with van der Waals surface area (Å²) in [7, 11) is 1.69. The molecular weight excluding hydrogens is 295 g/mol. The summed E-state index contributed by atoms with van der Waals surface area (Å²) in [6.07, 6.45) is -4.23. The van der Waals surface area contributed by atoms with Gasteiger partial charge >= 0.3 is 12.1 Å². The number of nitrogens with zero attached hydrogens (tertiary/aromatic N) is 1. The van der Waals surface area contributed by atoms with Gasteiger partial charge in [0.15, 0.2) is 0 Å². The Morgan fingerprint density at radius 2 is 1.91 bits per heavy atom. The molecule has 2 rings (SSSR count). The van der Waals surface area contributed by atoms with Crippen molar-refractivity contribution >= 4 is 16.9 Å². The number of benzene rings is 1. The lowest BCUT2D eigenvalue weighted by atomic mass is 9.94. The zero-order valence-electron chi connectivity index (χ0n) is 12.6. The molecule has 1 aromatic carbocycles. The number of halogens is 3. The Bertz CT molecular complexity index is 674. The van der Waals surface area contributed by atoms with E-state index in [1.54, 1.807) is 49.7 Å². The fourth-order valence-corrected chi connectivity index (χ4v) is 2.53. The van der Waals surface area contributed by atoms with E-state index in [4.69, 9.17) is 4.74 Å². The van der Waals surface area contributed by atoms with Crippen LogP contribution in [0.1, 0.15) is 31.7 Å². The molecule has 1 aromatic heterocycles. The van der Waals surface area contributed by atoms with E-state index in [1.165, 1.54) is 6.20 Å². The van der Waals surface area contributed by atoms with Gasteiger partial charge in [-0.05, 0) is 25.5 Å². The molecule has 0 saturated carbocycles. The van der Waals surface area contributed by atoms with Gasteiger partial charge in [0.25, 0.3) is 0 Å². The van der Waals surface area contributed by atoms with Gasteiger partial charge in [0.1, 0.15) is 0 Å². The summed E-state index contributed by atoms with van der Waals surface area (Å²) in [5.41, 5.74) is 0.801. The van der Waals surface area contributed by atoms with Crippen molar-refractivity contribution in [2.24, 2.45) is 7.05 Å². The van der Waals surface area contributed by atoms with E-state index in [1.807, 2.05) is 0 Å². The van der Waals surface area contributed by atoms with E-state index >= 15 is 0 Å². The number of carbonyl (C=O) groups is 1. The quantitative estimate of drug-likeness (QED) is 0.793. The SMILES string of the molecule is CC(C)OC(=O)C[C@@H](c1cn(C)c2ccccc12)C(F)(F)F. The van der Waals surface area contributed by atoms with Crippen LogP contribution in [0.15, 0.2) is 30.5 Å². The smallest absolute Gasteiger partial charge is 0.396 e. The zero-order chi connectivity index (χ0) is 16.5. The minimum atomic E-state index is -4.51. The lowest BCUT2D eigenvalue weighted by molar-refractivity contribution is -0.168. The first-order chi connectivity index (χ1) is 10.2. The van der Waals surface area contributed by atoms with Crippen LogP contribution in [0.5, 0.6) is 0 Å². The number of carbonyl (C=O) groups excluding carboxylic acids is 1. The predicted molar refractivity (Wildman–Crippen MR) is 77.6 cm³/mol. The third-order valence-electron chi connectivity index (χ3n) is 3.44. The summed E-state index contributed by atoms with van der Waals surface area (Å²) in [6, 6.07) is 6.84. The fourth-order valence-electron chi connectivity index (χ4n) is 2.53. The average molecular weight is 313 g/mol. The number of esters is 1. The van der Waals surface area contributed by atoms with Crippen LogP contribution < -0.4 is 0 Å². The van der Waals surface area contributed by atoms with Crippen LogP contribution in [0.25, 0.3) is 10.9 Å². The molecule has 0 radical (unpaired) electrons. The first-order valence-electron chi connectivity index (χ1n) is 7.00. The number of ether oxygens (including phenoxy) is 1. The number of para-hydroxylation sites is 1. The van der Waals surface area contributed by atoms with E-state index < -0.39 is 30.6 Å². The predicted octanol–water partition coefficient (Wildman–Crippen LogP) is 4.17. The second kappa shape index (κ2) is 6.02. The van der Waals surface area contributed by atoms with Crippen molar-refractivity contribution in [3.63, 3.8) is 0 Å². The van der Waals surface area contributed by atoms with Crippen molar-refractivity contribution in [1.82, 2.24) is 4.57 Å². The second-order valence-corrected chi connectivity index (χ2v) is 5.55. The van der Waals surface area contributed by atoms with Crippen LogP contribution in [-0.2, 0) is 16.6 Å². The van der Waals surface area contributed by atoms with Crippen LogP contribution in [-0.4, -0.2) is 22.8 Å². The van der Waals surface area contributed by atoms with Crippen molar-refractivity contribution in [3.8, 4) is 0 Å². The Morgan fingerprint density at radius 3 is 2.50 bits per heavy atom. The van der Waals surface area contributed by atoms with Gasteiger partial charge in [-0.15, -0.1) is 0 Å². The number of fused-ring (bicyclic) bond motifs is 1. The normalized spacial score (nSPS) is 13.6. The van der Waals surface area contributed by atoms with E-state index in [0.29, 0.717) is 10.9 Å². The molecular formula is C16H18F3NO2. The Kier molecular flexibility index (Phi) is 4.49. The molecule has 120 valence electrons. The Labute approximate surface area is 126 Å². The summed E-state index contributed by atoms with van der Waals surface area (Å²) in [4.78, 5) is 11.7. The van der Waals surface area contributed by atoms with Crippen LogP contribution >= 0.6 is 0 Å². The van der Waals surface area contributed by atoms with Crippen molar-refractivity contribution in [1.29, 1.82) is 0 Å². The molecule has 0 amide bonds. The van der Waals surface area contributed by atoms with E-state index in [2.05, 4.69) is 0 Å². The van der Waals surface area contributed by atoms with Crippen molar-refractivity contribution in [3.05, 3.63) is 36.0 Å². The Balaban J connectivity index is 2.43. The summed E-state index contributed by atoms with van der Waals surface area (Å²) in [6.45, 7) is 3.22. The highest BCUT2D eigenvalue weighted by Gasteiger charge is 2.43. The summed E-state index contributed by atoms with van der Waals surface area (Å²) in [5.74, 6) is -2.71. The number of hydrogen-bond acceptors (Lipinski definition) is 2. The van der Waals surface area contributed by atoms with Gasteiger partial charge in [0, 0.05) is 24.1 Å². The van der Waals surface area contributed by atoms with Gasteiger partial charge in [0.05, 0.1) is 18.4 Å². The molecule has 0 N–H and O–H groups in total. The summed E-state index contributed by atoms with van der Waals surface area (Å²) in [5, 5.41) is 0.504. The Morgan fingerprint density at radius 1 is 1.27 bits per heavy atom. The standard InChI is InChI=1S/C16H18F3NO2/c1-10(2)22-15(21)8-13(16(17,18)19)12-9-20(3)14-7-5-4-6-11(12)14/h4-7,9-10,13H,8H2,1-3H3/t13-/m0/s1. The zero-order valence-corrected chi connectivity index (χ0v) is 12.6. The Hall–Kier alpha value is -1.98. The van der Waals surface area contributed by atoms with Crippen LogP contribution in [0.4, 0.5) is 13.2 Å². The highest BCUT2D eigenvalue weighted by atomic mass is 19.4. The number of alkyl halides is 3. The number of rotatable bonds is 4. The van der Waals surface area contributed by atoms with Gasteiger partial charge < -0.3 is 9.30 Å². The summed E-state index contributed by atoms with van der Waals surface area (Å²) < 4.78 is 46.8. The van der Waals surface area contributed by atoms with E-state index in [0.717, 1.165) is 0 Å². The van der Waals surface area contributed by atoms with Gasteiger partial charge in [0.2, 0.25) is 0 Å². The molecule has 0 unspecified atom stereocenters. The van der Waals surface area contributed by atoms with E-state index in [9.17, 15) is 18.0 Å². The minimum absolute atomic E-state index is 0.103. The van der Waals surface area contributed by atoms with Gasteiger partial charge in [-0.25, -0.2) is 0 Å². The largest absolute Gasteiger partial charge is 0.463 e. The third-order valence-corrected chi connectivity index (χ3v) is 3.44. The molecule has 0 spiro atoms. The lowest BCUT2D eigenvalue weighted by Gasteiger charge is -2.20. The number of aromatic nitrogens is 1. The van der Waals surface area contributed by atoms with Crippen molar-refractivity contribution in [2.45, 2.75) is 38.5 Å². The maximum atomic E-state index is 13.4. The molecule has 3 nitrogen and oxygen atoms in total. The molecule has 1 atom stereocenters. The first-order valence-corrected chi connectivity index (χ1v) is 7.00. The molecule has 22 heavy (non-hydrogen) atoms. The molecule has 0 saturated heterocycles. The fraction of sp³-hybridized carbons (Fsp3) is 0.438. The van der Waals surface area contributed by atoms with Crippen LogP contribution in [0.2, 0.25) is 0 Å². The maximum absolute atomic E-state index is 13.4.